The quantitative estimate of drug-likeness (QED) is 0.862. The van der Waals surface area contributed by atoms with E-state index in [0.29, 0.717) is 12.6 Å². The molecule has 2 atom stereocenters. The Labute approximate surface area is 141 Å². The Hall–Kier alpha value is -1.93. The fourth-order valence-electron chi connectivity index (χ4n) is 3.51. The minimum atomic E-state index is -0.152. The molecule has 0 aliphatic carbocycles. The van der Waals surface area contributed by atoms with E-state index in [1.54, 1.807) is 11.7 Å². The highest BCUT2D eigenvalue weighted by Gasteiger charge is 2.36. The summed E-state index contributed by atoms with van der Waals surface area (Å²) in [6.07, 6.45) is 2.81. The molecular weight excluding hydrogens is 308 g/mol. The molecule has 1 aliphatic rings. The first-order valence-electron chi connectivity index (χ1n) is 8.49. The van der Waals surface area contributed by atoms with Crippen molar-refractivity contribution in [2.45, 2.75) is 58.5 Å². The number of likely N-dealkylation sites (tertiary alicyclic amines) is 1. The van der Waals surface area contributed by atoms with E-state index < -0.39 is 0 Å². The van der Waals surface area contributed by atoms with Gasteiger partial charge in [0.05, 0.1) is 17.8 Å². The van der Waals surface area contributed by atoms with Crippen molar-refractivity contribution >= 4 is 0 Å². The number of H-pyrrole nitrogens is 1. The van der Waals surface area contributed by atoms with E-state index in [2.05, 4.69) is 40.1 Å². The van der Waals surface area contributed by atoms with Gasteiger partial charge in [-0.15, -0.1) is 0 Å². The molecule has 1 saturated heterocycles. The Morgan fingerprint density at radius 2 is 2.25 bits per heavy atom. The normalized spacial score (nSPS) is 21.9. The zero-order valence-corrected chi connectivity index (χ0v) is 14.8. The number of ether oxygens (including phenoxy) is 1. The molecule has 8 heteroatoms. The summed E-state index contributed by atoms with van der Waals surface area (Å²) in [5.74, 6) is 0.790. The van der Waals surface area contributed by atoms with Crippen molar-refractivity contribution in [2.75, 3.05) is 13.7 Å². The molecule has 1 aliphatic heterocycles. The lowest BCUT2D eigenvalue weighted by atomic mass is 10.2. The number of nitrogens with one attached hydrogen (secondary N) is 1. The first-order chi connectivity index (χ1) is 11.5. The number of hydrogen-bond acceptors (Lipinski definition) is 5. The van der Waals surface area contributed by atoms with Crippen LogP contribution < -0.4 is 5.69 Å². The second-order valence-corrected chi connectivity index (χ2v) is 6.53. The monoisotopic (exact) mass is 334 g/mol. The lowest BCUT2D eigenvalue weighted by Gasteiger charge is -2.24. The summed E-state index contributed by atoms with van der Waals surface area (Å²) in [6.45, 7) is 8.39. The van der Waals surface area contributed by atoms with Crippen molar-refractivity contribution in [3.8, 4) is 0 Å². The van der Waals surface area contributed by atoms with Crippen LogP contribution in [0.2, 0.25) is 0 Å². The molecule has 2 aromatic heterocycles. The van der Waals surface area contributed by atoms with Crippen molar-refractivity contribution in [1.29, 1.82) is 0 Å². The molecule has 3 heterocycles. The lowest BCUT2D eigenvalue weighted by Crippen LogP contribution is -2.29. The minimum absolute atomic E-state index is 0.0596. The SMILES string of the molecule is CCn1c([C@@H]2C[C@H](OC)CN2Cc2ccnn2C(C)C)n[nH]c1=O. The van der Waals surface area contributed by atoms with Crippen LogP contribution in [0, 0.1) is 0 Å². The average molecular weight is 334 g/mol. The second-order valence-electron chi connectivity index (χ2n) is 6.53. The van der Waals surface area contributed by atoms with Crippen LogP contribution in [0.15, 0.2) is 17.1 Å². The van der Waals surface area contributed by atoms with E-state index in [4.69, 9.17) is 4.74 Å². The maximum atomic E-state index is 11.9. The predicted molar refractivity (Wildman–Crippen MR) is 89.7 cm³/mol. The number of aromatic nitrogens is 5. The Bertz CT molecular complexity index is 731. The highest BCUT2D eigenvalue weighted by atomic mass is 16.5. The second kappa shape index (κ2) is 6.90. The van der Waals surface area contributed by atoms with Gasteiger partial charge in [-0.25, -0.2) is 9.89 Å². The number of rotatable bonds is 6. The van der Waals surface area contributed by atoms with Gasteiger partial charge in [0.15, 0.2) is 5.82 Å². The van der Waals surface area contributed by atoms with Gasteiger partial charge in [0.25, 0.3) is 0 Å². The van der Waals surface area contributed by atoms with Gasteiger partial charge < -0.3 is 4.74 Å². The molecule has 0 aromatic carbocycles. The summed E-state index contributed by atoms with van der Waals surface area (Å²) in [6, 6.07) is 2.42. The Morgan fingerprint density at radius 3 is 2.92 bits per heavy atom. The average Bonchev–Trinajstić information content (AvgIpc) is 3.25. The number of methoxy groups -OCH3 is 1. The lowest BCUT2D eigenvalue weighted by molar-refractivity contribution is 0.107. The largest absolute Gasteiger partial charge is 0.380 e. The molecule has 0 saturated carbocycles. The molecule has 8 nitrogen and oxygen atoms in total. The molecule has 24 heavy (non-hydrogen) atoms. The minimum Gasteiger partial charge on any atom is -0.380 e. The van der Waals surface area contributed by atoms with E-state index >= 15 is 0 Å². The van der Waals surface area contributed by atoms with Crippen LogP contribution in [0.1, 0.15) is 50.8 Å². The standard InChI is InChI=1S/C16H26N6O2/c1-5-21-15(18-19-16(21)23)14-8-13(24-4)10-20(14)9-12-6-7-17-22(12)11(2)3/h6-7,11,13-14H,5,8-10H2,1-4H3,(H,19,23)/t13-,14-/m0/s1. The van der Waals surface area contributed by atoms with E-state index in [-0.39, 0.29) is 17.8 Å². The van der Waals surface area contributed by atoms with E-state index in [9.17, 15) is 4.79 Å². The molecule has 0 amide bonds. The molecular formula is C16H26N6O2. The molecule has 1 fully saturated rings. The maximum Gasteiger partial charge on any atom is 0.343 e. The highest BCUT2D eigenvalue weighted by molar-refractivity contribution is 5.07. The summed E-state index contributed by atoms with van der Waals surface area (Å²) in [5, 5.41) is 11.3. The molecule has 0 radical (unpaired) electrons. The smallest absolute Gasteiger partial charge is 0.343 e. The maximum absolute atomic E-state index is 11.9. The number of hydrogen-bond donors (Lipinski definition) is 1. The van der Waals surface area contributed by atoms with Crippen LogP contribution in [0.25, 0.3) is 0 Å². The van der Waals surface area contributed by atoms with Gasteiger partial charge in [-0.2, -0.15) is 10.2 Å². The van der Waals surface area contributed by atoms with Gasteiger partial charge in [0.1, 0.15) is 0 Å². The summed E-state index contributed by atoms with van der Waals surface area (Å²) < 4.78 is 9.32. The fraction of sp³-hybridized carbons (Fsp3) is 0.688. The molecule has 0 spiro atoms. The van der Waals surface area contributed by atoms with Crippen LogP contribution in [0.4, 0.5) is 0 Å². The third kappa shape index (κ3) is 3.03. The highest BCUT2D eigenvalue weighted by Crippen LogP contribution is 2.33. The topological polar surface area (TPSA) is 81.0 Å². The van der Waals surface area contributed by atoms with Crippen molar-refractivity contribution in [1.82, 2.24) is 29.4 Å². The van der Waals surface area contributed by atoms with Gasteiger partial charge in [0.2, 0.25) is 0 Å². The summed E-state index contributed by atoms with van der Waals surface area (Å²) >= 11 is 0. The molecule has 0 bridgehead atoms. The zero-order valence-electron chi connectivity index (χ0n) is 14.8. The van der Waals surface area contributed by atoms with Crippen LogP contribution in [-0.2, 0) is 17.8 Å². The Kier molecular flexibility index (Phi) is 4.86. The first-order valence-corrected chi connectivity index (χ1v) is 8.49. The van der Waals surface area contributed by atoms with E-state index in [1.165, 1.54) is 0 Å². The third-order valence-electron chi connectivity index (χ3n) is 4.71. The zero-order chi connectivity index (χ0) is 17.3. The molecule has 132 valence electrons. The summed E-state index contributed by atoms with van der Waals surface area (Å²) in [5.41, 5.74) is 1.01. The Morgan fingerprint density at radius 1 is 1.46 bits per heavy atom. The van der Waals surface area contributed by atoms with Gasteiger partial charge in [-0.3, -0.25) is 14.1 Å². The molecule has 2 aromatic rings. The van der Waals surface area contributed by atoms with Gasteiger partial charge in [-0.1, -0.05) is 0 Å². The molecule has 3 rings (SSSR count). The fourth-order valence-corrected chi connectivity index (χ4v) is 3.51. The van der Waals surface area contributed by atoms with Crippen LogP contribution in [0.5, 0.6) is 0 Å². The van der Waals surface area contributed by atoms with E-state index in [0.717, 1.165) is 31.0 Å². The summed E-state index contributed by atoms with van der Waals surface area (Å²) in [4.78, 5) is 14.3. The van der Waals surface area contributed by atoms with Gasteiger partial charge >= 0.3 is 5.69 Å². The third-order valence-corrected chi connectivity index (χ3v) is 4.71. The number of nitrogens with zero attached hydrogens (tertiary/aromatic N) is 5. The van der Waals surface area contributed by atoms with Crippen molar-refractivity contribution < 1.29 is 4.74 Å². The number of aromatic amines is 1. The Balaban J connectivity index is 1.89. The summed E-state index contributed by atoms with van der Waals surface area (Å²) in [7, 11) is 1.74. The van der Waals surface area contributed by atoms with E-state index in [1.807, 2.05) is 17.8 Å². The van der Waals surface area contributed by atoms with Crippen LogP contribution in [-0.4, -0.2) is 49.2 Å². The van der Waals surface area contributed by atoms with Crippen LogP contribution >= 0.6 is 0 Å². The molecule has 1 N–H and O–H groups in total. The first kappa shape index (κ1) is 16.9. The van der Waals surface area contributed by atoms with Crippen LogP contribution in [0.3, 0.4) is 0 Å². The van der Waals surface area contributed by atoms with Crippen molar-refractivity contribution in [2.24, 2.45) is 0 Å². The molecule has 0 unspecified atom stereocenters. The van der Waals surface area contributed by atoms with Crippen molar-refractivity contribution in [3.05, 3.63) is 34.3 Å². The van der Waals surface area contributed by atoms with Crippen molar-refractivity contribution in [3.63, 3.8) is 0 Å². The van der Waals surface area contributed by atoms with Gasteiger partial charge in [-0.05, 0) is 33.3 Å². The van der Waals surface area contributed by atoms with Gasteiger partial charge in [0, 0.05) is 39.0 Å². The predicted octanol–water partition coefficient (Wildman–Crippen LogP) is 1.33.